The first-order valence-electron chi connectivity index (χ1n) is 8.13. The molecule has 0 radical (unpaired) electrons. The van der Waals surface area contributed by atoms with Gasteiger partial charge in [0.2, 0.25) is 0 Å². The molecular formula is C20H20FN3O. The second-order valence-electron chi connectivity index (χ2n) is 6.04. The van der Waals surface area contributed by atoms with E-state index in [0.29, 0.717) is 24.3 Å². The molecule has 2 aromatic heterocycles. The van der Waals surface area contributed by atoms with Crippen LogP contribution in [-0.4, -0.2) is 15.5 Å². The highest BCUT2D eigenvalue weighted by Crippen LogP contribution is 2.18. The molecule has 0 fully saturated rings. The highest BCUT2D eigenvalue weighted by atomic mass is 19.1. The summed E-state index contributed by atoms with van der Waals surface area (Å²) in [7, 11) is 0. The fourth-order valence-electron chi connectivity index (χ4n) is 2.92. The molecule has 0 bridgehead atoms. The molecule has 0 aliphatic rings. The van der Waals surface area contributed by atoms with Gasteiger partial charge in [-0.3, -0.25) is 9.78 Å². The lowest BCUT2D eigenvalue weighted by Gasteiger charge is -2.13. The van der Waals surface area contributed by atoms with Gasteiger partial charge in [-0.05, 0) is 43.2 Å². The van der Waals surface area contributed by atoms with Crippen molar-refractivity contribution >= 4 is 5.91 Å². The maximum Gasteiger partial charge on any atom is 0.268 e. The SMILES string of the molecule is Cc1cc(C)n(Cc2ccccc2F)c1C(=O)NCc1cccnc1. The summed E-state index contributed by atoms with van der Waals surface area (Å²) in [5.74, 6) is -0.444. The number of nitrogens with zero attached hydrogens (tertiary/aromatic N) is 2. The number of aromatic nitrogens is 2. The number of halogens is 1. The Bertz CT molecular complexity index is 887. The van der Waals surface area contributed by atoms with E-state index in [1.807, 2.05) is 36.6 Å². The molecule has 25 heavy (non-hydrogen) atoms. The second-order valence-corrected chi connectivity index (χ2v) is 6.04. The Hall–Kier alpha value is -2.95. The number of carbonyl (C=O) groups is 1. The lowest BCUT2D eigenvalue weighted by Crippen LogP contribution is -2.27. The summed E-state index contributed by atoms with van der Waals surface area (Å²) in [6, 6.07) is 12.3. The molecule has 3 rings (SSSR count). The minimum Gasteiger partial charge on any atom is -0.347 e. The van der Waals surface area contributed by atoms with Crippen molar-refractivity contribution in [2.75, 3.05) is 0 Å². The summed E-state index contributed by atoms with van der Waals surface area (Å²) in [6.07, 6.45) is 3.41. The predicted molar refractivity (Wildman–Crippen MR) is 94.8 cm³/mol. The van der Waals surface area contributed by atoms with Crippen LogP contribution >= 0.6 is 0 Å². The van der Waals surface area contributed by atoms with Gasteiger partial charge in [-0.1, -0.05) is 24.3 Å². The Morgan fingerprint density at radius 2 is 2.00 bits per heavy atom. The fraction of sp³-hybridized carbons (Fsp3) is 0.200. The van der Waals surface area contributed by atoms with Crippen molar-refractivity contribution < 1.29 is 9.18 Å². The fourth-order valence-corrected chi connectivity index (χ4v) is 2.92. The molecule has 0 atom stereocenters. The predicted octanol–water partition coefficient (Wildman–Crippen LogP) is 3.62. The molecule has 1 amide bonds. The van der Waals surface area contributed by atoms with Crippen molar-refractivity contribution in [1.82, 2.24) is 14.9 Å². The minimum atomic E-state index is -0.269. The molecule has 0 aliphatic carbocycles. The summed E-state index contributed by atoms with van der Waals surface area (Å²) >= 11 is 0. The Balaban J connectivity index is 1.83. The van der Waals surface area contributed by atoms with Gasteiger partial charge in [-0.2, -0.15) is 0 Å². The van der Waals surface area contributed by atoms with Gasteiger partial charge < -0.3 is 9.88 Å². The van der Waals surface area contributed by atoms with E-state index in [4.69, 9.17) is 0 Å². The van der Waals surface area contributed by atoms with Crippen molar-refractivity contribution in [3.8, 4) is 0 Å². The Morgan fingerprint density at radius 1 is 1.20 bits per heavy atom. The third-order valence-corrected chi connectivity index (χ3v) is 4.17. The molecule has 1 aromatic carbocycles. The van der Waals surface area contributed by atoms with Gasteiger partial charge in [-0.25, -0.2) is 4.39 Å². The number of nitrogens with one attached hydrogen (secondary N) is 1. The molecular weight excluding hydrogens is 317 g/mol. The van der Waals surface area contributed by atoms with Gasteiger partial charge in [0.1, 0.15) is 11.5 Å². The molecule has 4 nitrogen and oxygen atoms in total. The number of hydrogen-bond donors (Lipinski definition) is 1. The van der Waals surface area contributed by atoms with E-state index in [2.05, 4.69) is 10.3 Å². The largest absolute Gasteiger partial charge is 0.347 e. The molecule has 3 aromatic rings. The molecule has 1 N–H and O–H groups in total. The first kappa shape index (κ1) is 16.9. The lowest BCUT2D eigenvalue weighted by molar-refractivity contribution is 0.0941. The average molecular weight is 337 g/mol. The van der Waals surface area contributed by atoms with E-state index in [-0.39, 0.29) is 11.7 Å². The van der Waals surface area contributed by atoms with E-state index < -0.39 is 0 Å². The first-order chi connectivity index (χ1) is 12.1. The molecule has 0 unspecified atom stereocenters. The molecule has 5 heteroatoms. The molecule has 0 aliphatic heterocycles. The number of carbonyl (C=O) groups excluding carboxylic acids is 1. The van der Waals surface area contributed by atoms with Crippen LogP contribution in [0.5, 0.6) is 0 Å². The third kappa shape index (κ3) is 3.76. The van der Waals surface area contributed by atoms with Gasteiger partial charge in [-0.15, -0.1) is 0 Å². The van der Waals surface area contributed by atoms with Crippen LogP contribution in [0.3, 0.4) is 0 Å². The number of aryl methyl sites for hydroxylation is 2. The molecule has 2 heterocycles. The van der Waals surface area contributed by atoms with Gasteiger partial charge >= 0.3 is 0 Å². The van der Waals surface area contributed by atoms with Crippen molar-refractivity contribution in [3.05, 3.63) is 88.8 Å². The minimum absolute atomic E-state index is 0.175. The van der Waals surface area contributed by atoms with E-state index in [9.17, 15) is 9.18 Å². The van der Waals surface area contributed by atoms with Crippen molar-refractivity contribution in [2.45, 2.75) is 26.9 Å². The van der Waals surface area contributed by atoms with Crippen LogP contribution in [0.15, 0.2) is 54.9 Å². The van der Waals surface area contributed by atoms with E-state index in [0.717, 1.165) is 16.8 Å². The van der Waals surface area contributed by atoms with Gasteiger partial charge in [0.15, 0.2) is 0 Å². The molecule has 128 valence electrons. The van der Waals surface area contributed by atoms with Crippen LogP contribution in [0.2, 0.25) is 0 Å². The number of pyridine rings is 1. The summed E-state index contributed by atoms with van der Waals surface area (Å²) in [5.41, 5.74) is 3.84. The van der Waals surface area contributed by atoms with Crippen LogP contribution in [0.25, 0.3) is 0 Å². The summed E-state index contributed by atoms with van der Waals surface area (Å²) in [5, 5.41) is 2.92. The number of benzene rings is 1. The number of rotatable bonds is 5. The van der Waals surface area contributed by atoms with Crippen molar-refractivity contribution in [3.63, 3.8) is 0 Å². The molecule has 0 saturated carbocycles. The Kier molecular flexibility index (Phi) is 4.93. The lowest BCUT2D eigenvalue weighted by atomic mass is 10.2. The normalized spacial score (nSPS) is 10.7. The van der Waals surface area contributed by atoms with Gasteiger partial charge in [0, 0.05) is 30.2 Å². The highest BCUT2D eigenvalue weighted by molar-refractivity contribution is 5.94. The molecule has 0 saturated heterocycles. The quantitative estimate of drug-likeness (QED) is 0.773. The van der Waals surface area contributed by atoms with Crippen LogP contribution < -0.4 is 5.32 Å². The average Bonchev–Trinajstić information content (AvgIpc) is 2.89. The van der Waals surface area contributed by atoms with E-state index in [1.54, 1.807) is 30.6 Å². The second kappa shape index (κ2) is 7.30. The zero-order valence-electron chi connectivity index (χ0n) is 14.3. The highest BCUT2D eigenvalue weighted by Gasteiger charge is 2.18. The summed E-state index contributed by atoms with van der Waals surface area (Å²) in [4.78, 5) is 16.7. The first-order valence-corrected chi connectivity index (χ1v) is 8.13. The number of amides is 1. The smallest absolute Gasteiger partial charge is 0.268 e. The van der Waals surface area contributed by atoms with Gasteiger partial charge in [0.25, 0.3) is 5.91 Å². The zero-order valence-corrected chi connectivity index (χ0v) is 14.3. The third-order valence-electron chi connectivity index (χ3n) is 4.17. The van der Waals surface area contributed by atoms with Crippen LogP contribution in [-0.2, 0) is 13.1 Å². The van der Waals surface area contributed by atoms with E-state index >= 15 is 0 Å². The monoisotopic (exact) mass is 337 g/mol. The maximum atomic E-state index is 14.0. The zero-order chi connectivity index (χ0) is 17.8. The van der Waals surface area contributed by atoms with Crippen LogP contribution in [0.1, 0.15) is 32.9 Å². The number of hydrogen-bond acceptors (Lipinski definition) is 2. The maximum absolute atomic E-state index is 14.0. The van der Waals surface area contributed by atoms with Gasteiger partial charge in [0.05, 0.1) is 6.54 Å². The van der Waals surface area contributed by atoms with E-state index in [1.165, 1.54) is 6.07 Å². The van der Waals surface area contributed by atoms with Crippen molar-refractivity contribution in [1.29, 1.82) is 0 Å². The Labute approximate surface area is 146 Å². The molecule has 0 spiro atoms. The topological polar surface area (TPSA) is 46.9 Å². The Morgan fingerprint density at radius 3 is 2.72 bits per heavy atom. The van der Waals surface area contributed by atoms with Crippen molar-refractivity contribution in [2.24, 2.45) is 0 Å². The van der Waals surface area contributed by atoms with Crippen LogP contribution in [0.4, 0.5) is 4.39 Å². The summed E-state index contributed by atoms with van der Waals surface area (Å²) in [6.45, 7) is 4.54. The van der Waals surface area contributed by atoms with Crippen LogP contribution in [0, 0.1) is 19.7 Å². The standard InChI is InChI=1S/C20H20FN3O/c1-14-10-15(2)24(13-17-7-3-4-8-18(17)21)19(14)20(25)23-12-16-6-5-9-22-11-16/h3-11H,12-13H2,1-2H3,(H,23,25). The summed E-state index contributed by atoms with van der Waals surface area (Å²) < 4.78 is 15.8.